The van der Waals surface area contributed by atoms with Gasteiger partial charge in [0.1, 0.15) is 5.60 Å². The van der Waals surface area contributed by atoms with E-state index < -0.39 is 5.60 Å². The predicted molar refractivity (Wildman–Crippen MR) is 65.4 cm³/mol. The van der Waals surface area contributed by atoms with Gasteiger partial charge in [0.05, 0.1) is 0 Å². The summed E-state index contributed by atoms with van der Waals surface area (Å²) in [5, 5.41) is 2.98. The van der Waals surface area contributed by atoms with E-state index in [0.717, 1.165) is 18.8 Å². The number of amides is 1. The van der Waals surface area contributed by atoms with Crippen molar-refractivity contribution in [2.45, 2.75) is 71.4 Å². The van der Waals surface area contributed by atoms with Crippen LogP contribution < -0.4 is 5.32 Å². The van der Waals surface area contributed by atoms with Crippen LogP contribution in [0.25, 0.3) is 0 Å². The largest absolute Gasteiger partial charge is 0.444 e. The lowest BCUT2D eigenvalue weighted by molar-refractivity contribution is 0.0484. The zero-order valence-corrected chi connectivity index (χ0v) is 11.0. The van der Waals surface area contributed by atoms with Crippen molar-refractivity contribution in [3.05, 3.63) is 0 Å². The first-order valence-electron chi connectivity index (χ1n) is 6.40. The molecule has 94 valence electrons. The molecule has 0 spiro atoms. The Morgan fingerprint density at radius 2 is 2.06 bits per heavy atom. The second-order valence-electron chi connectivity index (χ2n) is 5.78. The minimum absolute atomic E-state index is 0.269. The van der Waals surface area contributed by atoms with Crippen LogP contribution >= 0.6 is 0 Å². The van der Waals surface area contributed by atoms with Crippen LogP contribution in [0.5, 0.6) is 0 Å². The first-order chi connectivity index (χ1) is 7.40. The van der Waals surface area contributed by atoms with Crippen LogP contribution in [-0.2, 0) is 4.74 Å². The van der Waals surface area contributed by atoms with Crippen molar-refractivity contribution in [1.29, 1.82) is 0 Å². The Bertz CT molecular complexity index is 233. The number of carbonyl (C=O) groups is 1. The zero-order chi connectivity index (χ0) is 12.2. The smallest absolute Gasteiger partial charge is 0.407 e. The molecule has 2 atom stereocenters. The van der Waals surface area contributed by atoms with Crippen molar-refractivity contribution < 1.29 is 9.53 Å². The molecule has 3 heteroatoms. The van der Waals surface area contributed by atoms with E-state index >= 15 is 0 Å². The fraction of sp³-hybridized carbons (Fsp3) is 0.923. The van der Waals surface area contributed by atoms with Crippen molar-refractivity contribution in [2.75, 3.05) is 0 Å². The summed E-state index contributed by atoms with van der Waals surface area (Å²) in [6.45, 7) is 7.90. The van der Waals surface area contributed by atoms with Gasteiger partial charge in [-0.25, -0.2) is 4.79 Å². The maximum absolute atomic E-state index is 11.6. The van der Waals surface area contributed by atoms with E-state index in [1.165, 1.54) is 19.3 Å². The number of carbonyl (C=O) groups excluding carboxylic acids is 1. The fourth-order valence-electron chi connectivity index (χ4n) is 2.27. The Labute approximate surface area is 98.9 Å². The monoisotopic (exact) mass is 227 g/mol. The third-order valence-corrected chi connectivity index (χ3v) is 3.08. The normalized spacial score (nSPS) is 26.2. The highest BCUT2D eigenvalue weighted by Gasteiger charge is 2.24. The molecular formula is C13H25NO2. The van der Waals surface area contributed by atoms with E-state index in [2.05, 4.69) is 12.2 Å². The van der Waals surface area contributed by atoms with Crippen LogP contribution in [0.4, 0.5) is 4.79 Å². The molecule has 1 rings (SSSR count). The van der Waals surface area contributed by atoms with Gasteiger partial charge in [-0.1, -0.05) is 26.2 Å². The van der Waals surface area contributed by atoms with Crippen LogP contribution in [0.1, 0.15) is 59.8 Å². The Morgan fingerprint density at radius 3 is 2.62 bits per heavy atom. The highest BCUT2D eigenvalue weighted by molar-refractivity contribution is 5.68. The second kappa shape index (κ2) is 5.55. The molecule has 0 saturated heterocycles. The quantitative estimate of drug-likeness (QED) is 0.784. The highest BCUT2D eigenvalue weighted by Crippen LogP contribution is 2.26. The highest BCUT2D eigenvalue weighted by atomic mass is 16.6. The van der Waals surface area contributed by atoms with Gasteiger partial charge in [0, 0.05) is 6.04 Å². The van der Waals surface area contributed by atoms with Gasteiger partial charge in [0.2, 0.25) is 0 Å². The molecular weight excluding hydrogens is 202 g/mol. The summed E-state index contributed by atoms with van der Waals surface area (Å²) in [4.78, 5) is 11.6. The van der Waals surface area contributed by atoms with Gasteiger partial charge < -0.3 is 10.1 Å². The van der Waals surface area contributed by atoms with Crippen molar-refractivity contribution in [3.63, 3.8) is 0 Å². The van der Waals surface area contributed by atoms with Gasteiger partial charge in [-0.15, -0.1) is 0 Å². The third kappa shape index (κ3) is 4.86. The molecule has 0 aliphatic heterocycles. The summed E-state index contributed by atoms with van der Waals surface area (Å²) in [5.74, 6) is 0.772. The molecule has 1 fully saturated rings. The first kappa shape index (κ1) is 13.3. The van der Waals surface area contributed by atoms with Gasteiger partial charge >= 0.3 is 6.09 Å². The Balaban J connectivity index is 2.33. The average molecular weight is 227 g/mol. The molecule has 1 amide bonds. The number of ether oxygens (including phenoxy) is 1. The van der Waals surface area contributed by atoms with E-state index in [9.17, 15) is 4.79 Å². The van der Waals surface area contributed by atoms with E-state index in [1.54, 1.807) is 0 Å². The molecule has 1 N–H and O–H groups in total. The lowest BCUT2D eigenvalue weighted by Gasteiger charge is -2.30. The summed E-state index contributed by atoms with van der Waals surface area (Å²) in [7, 11) is 0. The van der Waals surface area contributed by atoms with E-state index in [4.69, 9.17) is 4.74 Å². The van der Waals surface area contributed by atoms with Crippen LogP contribution in [0.2, 0.25) is 0 Å². The standard InChI is InChI=1S/C13H25NO2/c1-5-10-7-6-8-11(9-10)14-12(15)16-13(2,3)4/h10-11H,5-9H2,1-4H3,(H,14,15)/t10-,11+/m0/s1. The van der Waals surface area contributed by atoms with Gasteiger partial charge in [-0.3, -0.25) is 0 Å². The summed E-state index contributed by atoms with van der Waals surface area (Å²) < 4.78 is 5.26. The Morgan fingerprint density at radius 1 is 1.38 bits per heavy atom. The Hall–Kier alpha value is -0.730. The van der Waals surface area contributed by atoms with Crippen LogP contribution in [0.3, 0.4) is 0 Å². The molecule has 0 unspecified atom stereocenters. The molecule has 0 bridgehead atoms. The topological polar surface area (TPSA) is 38.3 Å². The third-order valence-electron chi connectivity index (χ3n) is 3.08. The Kier molecular flexibility index (Phi) is 4.63. The predicted octanol–water partition coefficient (Wildman–Crippen LogP) is 3.48. The van der Waals surface area contributed by atoms with Crippen molar-refractivity contribution >= 4 is 6.09 Å². The fourth-order valence-corrected chi connectivity index (χ4v) is 2.27. The minimum Gasteiger partial charge on any atom is -0.444 e. The number of hydrogen-bond donors (Lipinski definition) is 1. The van der Waals surface area contributed by atoms with E-state index in [-0.39, 0.29) is 6.09 Å². The molecule has 0 aromatic rings. The molecule has 0 aromatic heterocycles. The van der Waals surface area contributed by atoms with Crippen molar-refractivity contribution in [3.8, 4) is 0 Å². The number of hydrogen-bond acceptors (Lipinski definition) is 2. The minimum atomic E-state index is -0.400. The second-order valence-corrected chi connectivity index (χ2v) is 5.78. The summed E-state index contributed by atoms with van der Waals surface area (Å²) in [5.41, 5.74) is -0.400. The summed E-state index contributed by atoms with van der Waals surface area (Å²) >= 11 is 0. The molecule has 0 aromatic carbocycles. The maximum atomic E-state index is 11.6. The number of rotatable bonds is 2. The van der Waals surface area contributed by atoms with Crippen LogP contribution in [0, 0.1) is 5.92 Å². The molecule has 0 radical (unpaired) electrons. The first-order valence-corrected chi connectivity index (χ1v) is 6.40. The van der Waals surface area contributed by atoms with E-state index in [1.807, 2.05) is 20.8 Å². The lowest BCUT2D eigenvalue weighted by atomic mass is 9.84. The summed E-state index contributed by atoms with van der Waals surface area (Å²) in [6, 6.07) is 0.313. The molecule has 0 heterocycles. The molecule has 1 aliphatic rings. The van der Waals surface area contributed by atoms with Gasteiger partial charge in [0.25, 0.3) is 0 Å². The average Bonchev–Trinajstić information content (AvgIpc) is 2.15. The van der Waals surface area contributed by atoms with Gasteiger partial charge in [-0.2, -0.15) is 0 Å². The molecule has 16 heavy (non-hydrogen) atoms. The summed E-state index contributed by atoms with van der Waals surface area (Å²) in [6.07, 6.45) is 5.68. The lowest BCUT2D eigenvalue weighted by Crippen LogP contribution is -2.41. The van der Waals surface area contributed by atoms with Crippen molar-refractivity contribution in [2.24, 2.45) is 5.92 Å². The van der Waals surface area contributed by atoms with Crippen molar-refractivity contribution in [1.82, 2.24) is 5.32 Å². The van der Waals surface area contributed by atoms with E-state index in [0.29, 0.717) is 6.04 Å². The van der Waals surface area contributed by atoms with Gasteiger partial charge in [0.15, 0.2) is 0 Å². The van der Waals surface area contributed by atoms with Gasteiger partial charge in [-0.05, 0) is 39.5 Å². The number of alkyl carbamates (subject to hydrolysis) is 1. The SMILES string of the molecule is CC[C@H]1CCC[C@@H](NC(=O)OC(C)(C)C)C1. The zero-order valence-electron chi connectivity index (χ0n) is 11.0. The molecule has 3 nitrogen and oxygen atoms in total. The van der Waals surface area contributed by atoms with Crippen LogP contribution in [-0.4, -0.2) is 17.7 Å². The maximum Gasteiger partial charge on any atom is 0.407 e. The molecule has 1 aliphatic carbocycles. The molecule has 1 saturated carbocycles. The number of nitrogens with one attached hydrogen (secondary N) is 1. The van der Waals surface area contributed by atoms with Crippen LogP contribution in [0.15, 0.2) is 0 Å².